The van der Waals surface area contributed by atoms with E-state index in [4.69, 9.17) is 5.11 Å². The molecule has 1 aromatic carbocycles. The topological polar surface area (TPSA) is 87.6 Å². The number of hydrogen-bond acceptors (Lipinski definition) is 5. The largest absolute Gasteiger partial charge is 0.389 e. The Morgan fingerprint density at radius 2 is 1.96 bits per heavy atom. The SMILES string of the molecule is O=C(CO)C1CCN(S(=O)(=O)c2ccc3cnccc3c2)CC1. The summed E-state index contributed by atoms with van der Waals surface area (Å²) in [6, 6.07) is 6.76. The van der Waals surface area contributed by atoms with Gasteiger partial charge in [-0.25, -0.2) is 8.42 Å². The fraction of sp³-hybridized carbons (Fsp3) is 0.375. The molecule has 0 spiro atoms. The van der Waals surface area contributed by atoms with Gasteiger partial charge in [-0.15, -0.1) is 0 Å². The van der Waals surface area contributed by atoms with Crippen LogP contribution in [0.25, 0.3) is 10.8 Å². The van der Waals surface area contributed by atoms with Crippen molar-refractivity contribution >= 4 is 26.6 Å². The zero-order chi connectivity index (χ0) is 16.4. The molecule has 6 nitrogen and oxygen atoms in total. The third-order valence-corrected chi connectivity index (χ3v) is 6.21. The van der Waals surface area contributed by atoms with Crippen molar-refractivity contribution in [3.8, 4) is 0 Å². The molecule has 1 N–H and O–H groups in total. The Kier molecular flexibility index (Phi) is 4.43. The lowest BCUT2D eigenvalue weighted by Crippen LogP contribution is -2.40. The van der Waals surface area contributed by atoms with Gasteiger partial charge in [0, 0.05) is 36.8 Å². The van der Waals surface area contributed by atoms with Gasteiger partial charge in [0.2, 0.25) is 10.0 Å². The summed E-state index contributed by atoms with van der Waals surface area (Å²) in [5.74, 6) is -0.450. The molecule has 122 valence electrons. The second kappa shape index (κ2) is 6.35. The fourth-order valence-electron chi connectivity index (χ4n) is 2.92. The van der Waals surface area contributed by atoms with E-state index in [2.05, 4.69) is 4.98 Å². The number of carbonyl (C=O) groups is 1. The quantitative estimate of drug-likeness (QED) is 0.908. The minimum Gasteiger partial charge on any atom is -0.389 e. The molecule has 3 rings (SSSR count). The van der Waals surface area contributed by atoms with Crippen molar-refractivity contribution in [2.24, 2.45) is 5.92 Å². The molecular formula is C16H18N2O4S. The van der Waals surface area contributed by atoms with Crippen molar-refractivity contribution in [1.82, 2.24) is 9.29 Å². The molecular weight excluding hydrogens is 316 g/mol. The standard InChI is InChI=1S/C16H18N2O4S/c19-11-16(20)12-4-7-18(8-5-12)23(21,22)15-2-1-14-10-17-6-3-13(14)9-15/h1-3,6,9-10,12,19H,4-5,7-8,11H2. The second-order valence-corrected chi connectivity index (χ2v) is 7.63. The summed E-state index contributed by atoms with van der Waals surface area (Å²) in [6.07, 6.45) is 4.23. The van der Waals surface area contributed by atoms with E-state index in [1.807, 2.05) is 0 Å². The Bertz CT molecular complexity index is 827. The molecule has 23 heavy (non-hydrogen) atoms. The first-order valence-corrected chi connectivity index (χ1v) is 8.94. The number of ketones is 1. The van der Waals surface area contributed by atoms with Crippen LogP contribution >= 0.6 is 0 Å². The van der Waals surface area contributed by atoms with E-state index >= 15 is 0 Å². The molecule has 2 aromatic rings. The van der Waals surface area contributed by atoms with Crippen LogP contribution in [-0.4, -0.2) is 48.3 Å². The van der Waals surface area contributed by atoms with Crippen molar-refractivity contribution < 1.29 is 18.3 Å². The van der Waals surface area contributed by atoms with Gasteiger partial charge in [0.05, 0.1) is 4.90 Å². The number of hydrogen-bond donors (Lipinski definition) is 1. The molecule has 1 aliphatic rings. The summed E-state index contributed by atoms with van der Waals surface area (Å²) < 4.78 is 26.9. The van der Waals surface area contributed by atoms with E-state index < -0.39 is 16.6 Å². The van der Waals surface area contributed by atoms with Gasteiger partial charge in [0.1, 0.15) is 6.61 Å². The minimum atomic E-state index is -3.57. The van der Waals surface area contributed by atoms with Gasteiger partial charge in [-0.1, -0.05) is 6.07 Å². The van der Waals surface area contributed by atoms with E-state index in [1.165, 1.54) is 4.31 Å². The molecule has 1 saturated heterocycles. The van der Waals surface area contributed by atoms with Gasteiger partial charge in [0.15, 0.2) is 5.78 Å². The molecule has 7 heteroatoms. The Balaban J connectivity index is 1.82. The molecule has 1 fully saturated rings. The zero-order valence-corrected chi connectivity index (χ0v) is 13.4. The molecule has 0 saturated carbocycles. The molecule has 0 unspecified atom stereocenters. The Labute approximate surface area is 134 Å². The summed E-state index contributed by atoms with van der Waals surface area (Å²) in [4.78, 5) is 15.8. The average molecular weight is 334 g/mol. The first kappa shape index (κ1) is 16.0. The Hall–Kier alpha value is -1.83. The normalized spacial score (nSPS) is 17.4. The summed E-state index contributed by atoms with van der Waals surface area (Å²) in [5.41, 5.74) is 0. The number of piperidine rings is 1. The van der Waals surface area contributed by atoms with Crippen LogP contribution in [0.5, 0.6) is 0 Å². The van der Waals surface area contributed by atoms with Crippen LogP contribution < -0.4 is 0 Å². The lowest BCUT2D eigenvalue weighted by Gasteiger charge is -2.30. The fourth-order valence-corrected chi connectivity index (χ4v) is 4.42. The molecule has 0 radical (unpaired) electrons. The first-order chi connectivity index (χ1) is 11.0. The number of sulfonamides is 1. The molecule has 0 aliphatic carbocycles. The zero-order valence-electron chi connectivity index (χ0n) is 12.6. The van der Waals surface area contributed by atoms with Gasteiger partial charge < -0.3 is 5.11 Å². The number of aliphatic hydroxyl groups is 1. The molecule has 2 heterocycles. The second-order valence-electron chi connectivity index (χ2n) is 5.69. The highest BCUT2D eigenvalue weighted by molar-refractivity contribution is 7.89. The van der Waals surface area contributed by atoms with E-state index in [0.29, 0.717) is 25.9 Å². The van der Waals surface area contributed by atoms with Gasteiger partial charge in [-0.2, -0.15) is 4.31 Å². The number of carbonyl (C=O) groups excluding carboxylic acids is 1. The van der Waals surface area contributed by atoms with Gasteiger partial charge in [-0.05, 0) is 36.4 Å². The van der Waals surface area contributed by atoms with Crippen LogP contribution in [0.2, 0.25) is 0 Å². The maximum Gasteiger partial charge on any atom is 0.243 e. The van der Waals surface area contributed by atoms with E-state index in [-0.39, 0.29) is 16.6 Å². The van der Waals surface area contributed by atoms with E-state index in [1.54, 1.807) is 36.7 Å². The van der Waals surface area contributed by atoms with Crippen LogP contribution in [0.4, 0.5) is 0 Å². The number of rotatable bonds is 4. The van der Waals surface area contributed by atoms with Crippen LogP contribution in [0.15, 0.2) is 41.6 Å². The summed E-state index contributed by atoms with van der Waals surface area (Å²) in [7, 11) is -3.57. The molecule has 0 bridgehead atoms. The Morgan fingerprint density at radius 1 is 1.22 bits per heavy atom. The van der Waals surface area contributed by atoms with Gasteiger partial charge in [0.25, 0.3) is 0 Å². The van der Waals surface area contributed by atoms with Crippen LogP contribution in [0.1, 0.15) is 12.8 Å². The highest BCUT2D eigenvalue weighted by atomic mass is 32.2. The Morgan fingerprint density at radius 3 is 2.65 bits per heavy atom. The monoisotopic (exact) mass is 334 g/mol. The van der Waals surface area contributed by atoms with Crippen molar-refractivity contribution in [2.75, 3.05) is 19.7 Å². The van der Waals surface area contributed by atoms with Crippen molar-refractivity contribution in [3.63, 3.8) is 0 Å². The van der Waals surface area contributed by atoms with E-state index in [0.717, 1.165) is 10.8 Å². The number of aromatic nitrogens is 1. The number of benzene rings is 1. The number of fused-ring (bicyclic) bond motifs is 1. The predicted octanol–water partition coefficient (Wildman–Crippen LogP) is 1.20. The minimum absolute atomic E-state index is 0.208. The highest BCUT2D eigenvalue weighted by Crippen LogP contribution is 2.26. The maximum absolute atomic E-state index is 12.8. The third-order valence-electron chi connectivity index (χ3n) is 4.31. The average Bonchev–Trinajstić information content (AvgIpc) is 2.60. The van der Waals surface area contributed by atoms with Crippen molar-refractivity contribution in [3.05, 3.63) is 36.7 Å². The summed E-state index contributed by atoms with van der Waals surface area (Å²) in [6.45, 7) is 0.121. The number of nitrogens with zero attached hydrogens (tertiary/aromatic N) is 2. The summed E-state index contributed by atoms with van der Waals surface area (Å²) in [5, 5.41) is 10.6. The van der Waals surface area contributed by atoms with Crippen LogP contribution in [-0.2, 0) is 14.8 Å². The lowest BCUT2D eigenvalue weighted by molar-refractivity contribution is -0.126. The molecule has 0 amide bonds. The van der Waals surface area contributed by atoms with Crippen LogP contribution in [0.3, 0.4) is 0 Å². The van der Waals surface area contributed by atoms with E-state index in [9.17, 15) is 13.2 Å². The first-order valence-electron chi connectivity index (χ1n) is 7.50. The van der Waals surface area contributed by atoms with Crippen molar-refractivity contribution in [2.45, 2.75) is 17.7 Å². The van der Waals surface area contributed by atoms with Crippen molar-refractivity contribution in [1.29, 1.82) is 0 Å². The highest BCUT2D eigenvalue weighted by Gasteiger charge is 2.31. The smallest absolute Gasteiger partial charge is 0.243 e. The number of pyridine rings is 1. The number of aliphatic hydroxyl groups excluding tert-OH is 1. The molecule has 0 atom stereocenters. The lowest BCUT2D eigenvalue weighted by atomic mass is 9.94. The maximum atomic E-state index is 12.8. The predicted molar refractivity (Wildman–Crippen MR) is 85.3 cm³/mol. The molecule has 1 aliphatic heterocycles. The summed E-state index contributed by atoms with van der Waals surface area (Å²) >= 11 is 0. The molecule has 1 aromatic heterocycles. The number of Topliss-reactive ketones (excluding diaryl/α,β-unsaturated/α-hetero) is 1. The van der Waals surface area contributed by atoms with Gasteiger partial charge >= 0.3 is 0 Å². The third kappa shape index (κ3) is 3.12. The van der Waals surface area contributed by atoms with Gasteiger partial charge in [-0.3, -0.25) is 9.78 Å². The van der Waals surface area contributed by atoms with Crippen LogP contribution in [0, 0.1) is 5.92 Å².